The smallest absolute Gasteiger partial charge is 0.276 e. The molecule has 3 fully saturated rings. The molecule has 0 spiro atoms. The van der Waals surface area contributed by atoms with Crippen molar-refractivity contribution in [3.05, 3.63) is 11.4 Å². The van der Waals surface area contributed by atoms with E-state index < -0.39 is 0 Å². The molecule has 1 amide bonds. The SMILES string of the molecule is Cc1c(C(=O)N2CCC[C@H]2C2CCCC2)nnn1CC1CCCC1. The van der Waals surface area contributed by atoms with Gasteiger partial charge in [0.05, 0.1) is 5.69 Å². The van der Waals surface area contributed by atoms with Crippen LogP contribution in [0.25, 0.3) is 0 Å². The van der Waals surface area contributed by atoms with E-state index in [0.717, 1.165) is 25.2 Å². The van der Waals surface area contributed by atoms with Gasteiger partial charge in [0.25, 0.3) is 5.91 Å². The van der Waals surface area contributed by atoms with Gasteiger partial charge < -0.3 is 4.90 Å². The van der Waals surface area contributed by atoms with Gasteiger partial charge in [0.1, 0.15) is 0 Å². The van der Waals surface area contributed by atoms with E-state index in [2.05, 4.69) is 15.2 Å². The zero-order valence-corrected chi connectivity index (χ0v) is 14.9. The second kappa shape index (κ2) is 6.85. The third-order valence-corrected chi connectivity index (χ3v) is 6.60. The number of carbonyl (C=O) groups is 1. The van der Waals surface area contributed by atoms with Crippen LogP contribution in [-0.4, -0.2) is 38.4 Å². The second-order valence-corrected chi connectivity index (χ2v) is 8.11. The number of nitrogens with zero attached hydrogens (tertiary/aromatic N) is 4. The van der Waals surface area contributed by atoms with Crippen LogP contribution < -0.4 is 0 Å². The number of carbonyl (C=O) groups excluding carboxylic acids is 1. The number of aromatic nitrogens is 3. The highest BCUT2D eigenvalue weighted by molar-refractivity contribution is 5.93. The second-order valence-electron chi connectivity index (χ2n) is 8.11. The minimum atomic E-state index is 0.125. The van der Waals surface area contributed by atoms with Crippen LogP contribution in [0.15, 0.2) is 0 Å². The Hall–Kier alpha value is -1.39. The summed E-state index contributed by atoms with van der Waals surface area (Å²) in [4.78, 5) is 15.2. The Labute approximate surface area is 144 Å². The highest BCUT2D eigenvalue weighted by atomic mass is 16.2. The molecule has 2 aliphatic carbocycles. The van der Waals surface area contributed by atoms with E-state index in [4.69, 9.17) is 0 Å². The van der Waals surface area contributed by atoms with E-state index in [1.165, 1.54) is 57.8 Å². The first-order valence-corrected chi connectivity index (χ1v) is 9.95. The predicted molar refractivity (Wildman–Crippen MR) is 92.7 cm³/mol. The lowest BCUT2D eigenvalue weighted by Crippen LogP contribution is -2.39. The first kappa shape index (κ1) is 16.1. The van der Waals surface area contributed by atoms with Crippen LogP contribution in [-0.2, 0) is 6.54 Å². The van der Waals surface area contributed by atoms with Gasteiger partial charge in [-0.05, 0) is 57.3 Å². The highest BCUT2D eigenvalue weighted by Crippen LogP contribution is 2.36. The van der Waals surface area contributed by atoms with E-state index in [1.807, 2.05) is 11.6 Å². The normalized spacial score (nSPS) is 25.9. The van der Waals surface area contributed by atoms with Crippen molar-refractivity contribution in [3.63, 3.8) is 0 Å². The maximum absolute atomic E-state index is 13.1. The van der Waals surface area contributed by atoms with Crippen LogP contribution >= 0.6 is 0 Å². The molecule has 132 valence electrons. The van der Waals surface area contributed by atoms with Gasteiger partial charge in [-0.15, -0.1) is 5.10 Å². The summed E-state index contributed by atoms with van der Waals surface area (Å²) >= 11 is 0. The largest absolute Gasteiger partial charge is 0.334 e. The zero-order valence-electron chi connectivity index (χ0n) is 14.9. The molecule has 5 nitrogen and oxygen atoms in total. The van der Waals surface area contributed by atoms with E-state index in [1.54, 1.807) is 0 Å². The monoisotopic (exact) mass is 330 g/mol. The summed E-state index contributed by atoms with van der Waals surface area (Å²) in [6, 6.07) is 0.444. The summed E-state index contributed by atoms with van der Waals surface area (Å²) in [5, 5.41) is 8.60. The Morgan fingerprint density at radius 2 is 1.75 bits per heavy atom. The van der Waals surface area contributed by atoms with Crippen LogP contribution in [0, 0.1) is 18.8 Å². The lowest BCUT2D eigenvalue weighted by molar-refractivity contribution is 0.0682. The van der Waals surface area contributed by atoms with Gasteiger partial charge in [-0.25, -0.2) is 4.68 Å². The Bertz CT molecular complexity index is 584. The van der Waals surface area contributed by atoms with Crippen molar-refractivity contribution >= 4 is 5.91 Å². The fraction of sp³-hybridized carbons (Fsp3) is 0.842. The molecule has 0 bridgehead atoms. The third-order valence-electron chi connectivity index (χ3n) is 6.60. The molecule has 5 heteroatoms. The van der Waals surface area contributed by atoms with E-state index in [9.17, 15) is 4.79 Å². The van der Waals surface area contributed by atoms with E-state index in [0.29, 0.717) is 23.6 Å². The number of likely N-dealkylation sites (tertiary alicyclic amines) is 1. The number of amides is 1. The molecule has 24 heavy (non-hydrogen) atoms. The van der Waals surface area contributed by atoms with Gasteiger partial charge >= 0.3 is 0 Å². The molecule has 3 aliphatic rings. The lowest BCUT2D eigenvalue weighted by atomic mass is 9.96. The predicted octanol–water partition coefficient (Wildman–Crippen LogP) is 3.57. The van der Waals surface area contributed by atoms with Gasteiger partial charge in [-0.3, -0.25) is 4.79 Å². The van der Waals surface area contributed by atoms with Crippen LogP contribution in [0.2, 0.25) is 0 Å². The van der Waals surface area contributed by atoms with Crippen molar-refractivity contribution in [2.45, 2.75) is 83.7 Å². The fourth-order valence-corrected chi connectivity index (χ4v) is 5.18. The molecule has 1 aromatic rings. The molecule has 0 aromatic carbocycles. The molecule has 4 rings (SSSR count). The van der Waals surface area contributed by atoms with Crippen LogP contribution in [0.1, 0.15) is 80.4 Å². The standard InChI is InChI=1S/C19H30N4O/c1-14-18(20-21-23(14)13-15-7-2-3-8-15)19(24)22-12-6-11-17(22)16-9-4-5-10-16/h15-17H,2-13H2,1H3/t17-/m0/s1. The Balaban J connectivity index is 1.48. The molecule has 0 unspecified atom stereocenters. The van der Waals surface area contributed by atoms with Crippen molar-refractivity contribution in [1.82, 2.24) is 19.9 Å². The number of rotatable bonds is 4. The van der Waals surface area contributed by atoms with Gasteiger partial charge in [0.2, 0.25) is 0 Å². The summed E-state index contributed by atoms with van der Waals surface area (Å²) in [6.45, 7) is 3.84. The van der Waals surface area contributed by atoms with Gasteiger partial charge in [-0.1, -0.05) is 30.9 Å². The molecule has 1 saturated heterocycles. The highest BCUT2D eigenvalue weighted by Gasteiger charge is 2.37. The first-order valence-electron chi connectivity index (χ1n) is 9.95. The van der Waals surface area contributed by atoms with Crippen LogP contribution in [0.3, 0.4) is 0 Å². The van der Waals surface area contributed by atoms with Gasteiger partial charge in [-0.2, -0.15) is 0 Å². The van der Waals surface area contributed by atoms with Gasteiger partial charge in [0.15, 0.2) is 5.69 Å². The number of hydrogen-bond acceptors (Lipinski definition) is 3. The maximum Gasteiger partial charge on any atom is 0.276 e. The minimum Gasteiger partial charge on any atom is -0.334 e. The molecular formula is C19H30N4O. The third kappa shape index (κ3) is 2.98. The van der Waals surface area contributed by atoms with Crippen LogP contribution in [0.4, 0.5) is 0 Å². The Morgan fingerprint density at radius 1 is 1.04 bits per heavy atom. The fourth-order valence-electron chi connectivity index (χ4n) is 5.18. The Morgan fingerprint density at radius 3 is 2.50 bits per heavy atom. The quantitative estimate of drug-likeness (QED) is 0.848. The van der Waals surface area contributed by atoms with Crippen molar-refractivity contribution in [3.8, 4) is 0 Å². The number of hydrogen-bond donors (Lipinski definition) is 0. The molecule has 2 heterocycles. The average molecular weight is 330 g/mol. The Kier molecular flexibility index (Phi) is 4.59. The summed E-state index contributed by atoms with van der Waals surface area (Å²) in [5.41, 5.74) is 1.56. The zero-order chi connectivity index (χ0) is 16.5. The van der Waals surface area contributed by atoms with Crippen molar-refractivity contribution < 1.29 is 4.79 Å². The summed E-state index contributed by atoms with van der Waals surface area (Å²) < 4.78 is 1.98. The molecule has 0 N–H and O–H groups in total. The average Bonchev–Trinajstić information content (AvgIpc) is 3.36. The molecule has 1 aliphatic heterocycles. The molecule has 1 atom stereocenters. The van der Waals surface area contributed by atoms with E-state index >= 15 is 0 Å². The lowest BCUT2D eigenvalue weighted by Gasteiger charge is -2.29. The summed E-state index contributed by atoms with van der Waals surface area (Å²) in [6.07, 6.45) is 12.8. The first-order chi connectivity index (χ1) is 11.7. The molecule has 0 radical (unpaired) electrons. The van der Waals surface area contributed by atoms with Crippen molar-refractivity contribution in [2.75, 3.05) is 6.54 Å². The van der Waals surface area contributed by atoms with Crippen molar-refractivity contribution in [2.24, 2.45) is 11.8 Å². The summed E-state index contributed by atoms with van der Waals surface area (Å²) in [7, 11) is 0. The summed E-state index contributed by atoms with van der Waals surface area (Å²) in [5.74, 6) is 1.55. The molecule has 1 aromatic heterocycles. The van der Waals surface area contributed by atoms with E-state index in [-0.39, 0.29) is 5.91 Å². The minimum absolute atomic E-state index is 0.125. The maximum atomic E-state index is 13.1. The molecular weight excluding hydrogens is 300 g/mol. The van der Waals surface area contributed by atoms with Crippen molar-refractivity contribution in [1.29, 1.82) is 0 Å². The molecule has 2 saturated carbocycles. The van der Waals surface area contributed by atoms with Crippen LogP contribution in [0.5, 0.6) is 0 Å². The van der Waals surface area contributed by atoms with Gasteiger partial charge in [0, 0.05) is 19.1 Å². The topological polar surface area (TPSA) is 51.0 Å².